The van der Waals surface area contributed by atoms with Gasteiger partial charge in [-0.25, -0.2) is 0 Å². The minimum Gasteiger partial charge on any atom is -0.395 e. The van der Waals surface area contributed by atoms with Gasteiger partial charge in [-0.05, 0) is 31.1 Å². The van der Waals surface area contributed by atoms with Gasteiger partial charge in [0.15, 0.2) is 0 Å². The second-order valence-electron chi connectivity index (χ2n) is 5.42. The highest BCUT2D eigenvalue weighted by molar-refractivity contribution is 5.78. The molecule has 1 amide bonds. The van der Waals surface area contributed by atoms with Crippen LogP contribution in [0.5, 0.6) is 0 Å². The zero-order valence-corrected chi connectivity index (χ0v) is 10.8. The number of nitrogens with zero attached hydrogens (tertiary/aromatic N) is 1. The molecule has 0 aliphatic heterocycles. The smallest absolute Gasteiger partial charge is 0.225 e. The summed E-state index contributed by atoms with van der Waals surface area (Å²) < 4.78 is 0. The van der Waals surface area contributed by atoms with E-state index >= 15 is 0 Å². The summed E-state index contributed by atoms with van der Waals surface area (Å²) in [4.78, 5) is 13.7. The molecule has 0 aromatic carbocycles. The predicted molar refractivity (Wildman–Crippen MR) is 65.1 cm³/mol. The Morgan fingerprint density at radius 2 is 2.00 bits per heavy atom. The highest BCUT2D eigenvalue weighted by Gasteiger charge is 2.33. The summed E-state index contributed by atoms with van der Waals surface area (Å²) >= 11 is 0. The fourth-order valence-electron chi connectivity index (χ4n) is 2.49. The maximum atomic E-state index is 12.0. The van der Waals surface area contributed by atoms with Crippen LogP contribution in [-0.2, 0) is 4.79 Å². The first-order valence-corrected chi connectivity index (χ1v) is 6.38. The zero-order valence-electron chi connectivity index (χ0n) is 10.8. The Bertz CT molecular complexity index is 232. The maximum absolute atomic E-state index is 12.0. The number of likely N-dealkylation sites (N-methyl/N-ethyl adjacent to an activating group) is 1. The van der Waals surface area contributed by atoms with E-state index in [2.05, 4.69) is 13.8 Å². The number of carbonyl (C=O) groups excluding carboxylic acids is 1. The van der Waals surface area contributed by atoms with Gasteiger partial charge in [-0.1, -0.05) is 20.3 Å². The predicted octanol–water partition coefficient (Wildman–Crippen LogP) is 2.04. The van der Waals surface area contributed by atoms with Crippen LogP contribution >= 0.6 is 0 Å². The molecular formula is C13H25NO2. The largest absolute Gasteiger partial charge is 0.395 e. The van der Waals surface area contributed by atoms with Gasteiger partial charge in [0.25, 0.3) is 0 Å². The van der Waals surface area contributed by atoms with Gasteiger partial charge in [-0.2, -0.15) is 0 Å². The van der Waals surface area contributed by atoms with E-state index in [9.17, 15) is 4.79 Å². The van der Waals surface area contributed by atoms with Crippen LogP contribution in [0.3, 0.4) is 0 Å². The summed E-state index contributed by atoms with van der Waals surface area (Å²) in [5.74, 6) is 0.406. The van der Waals surface area contributed by atoms with Gasteiger partial charge in [0.05, 0.1) is 6.61 Å². The summed E-state index contributed by atoms with van der Waals surface area (Å²) in [6.07, 6.45) is 5.55. The molecule has 1 rings (SSSR count). The third-order valence-corrected chi connectivity index (χ3v) is 4.21. The lowest BCUT2D eigenvalue weighted by Crippen LogP contribution is -2.38. The number of aliphatic hydroxyl groups is 1. The van der Waals surface area contributed by atoms with Crippen molar-refractivity contribution >= 4 is 5.91 Å². The molecule has 94 valence electrons. The van der Waals surface area contributed by atoms with E-state index in [-0.39, 0.29) is 18.4 Å². The Balaban J connectivity index is 2.44. The fourth-order valence-corrected chi connectivity index (χ4v) is 2.49. The molecule has 3 heteroatoms. The van der Waals surface area contributed by atoms with E-state index in [0.29, 0.717) is 12.0 Å². The van der Waals surface area contributed by atoms with Crippen LogP contribution < -0.4 is 0 Å². The van der Waals surface area contributed by atoms with Crippen LogP contribution in [0.15, 0.2) is 0 Å². The number of amides is 1. The van der Waals surface area contributed by atoms with Crippen molar-refractivity contribution in [3.63, 3.8) is 0 Å². The standard InChI is InChI=1S/C13H25NO2/c1-4-13(2)7-5-11(6-8-13)12(16)14(3)9-10-15/h11,15H,4-10H2,1-3H3. The van der Waals surface area contributed by atoms with Gasteiger partial charge < -0.3 is 10.0 Å². The monoisotopic (exact) mass is 227 g/mol. The zero-order chi connectivity index (χ0) is 12.2. The number of hydrogen-bond acceptors (Lipinski definition) is 2. The molecule has 0 heterocycles. The summed E-state index contributed by atoms with van der Waals surface area (Å²) in [6.45, 7) is 5.08. The van der Waals surface area contributed by atoms with Crippen LogP contribution in [-0.4, -0.2) is 36.1 Å². The van der Waals surface area contributed by atoms with Crippen molar-refractivity contribution in [3.05, 3.63) is 0 Å². The first kappa shape index (κ1) is 13.5. The van der Waals surface area contributed by atoms with E-state index in [1.54, 1.807) is 11.9 Å². The summed E-state index contributed by atoms with van der Waals surface area (Å²) in [7, 11) is 1.78. The lowest BCUT2D eigenvalue weighted by atomic mass is 9.70. The van der Waals surface area contributed by atoms with Gasteiger partial charge >= 0.3 is 0 Å². The second-order valence-corrected chi connectivity index (χ2v) is 5.42. The van der Waals surface area contributed by atoms with E-state index in [0.717, 1.165) is 25.7 Å². The molecule has 1 aliphatic carbocycles. The summed E-state index contributed by atoms with van der Waals surface area (Å²) in [5.41, 5.74) is 0.451. The SMILES string of the molecule is CCC1(C)CCC(C(=O)N(C)CCO)CC1. The van der Waals surface area contributed by atoms with Crippen LogP contribution in [0.1, 0.15) is 46.0 Å². The third-order valence-electron chi connectivity index (χ3n) is 4.21. The molecular weight excluding hydrogens is 202 g/mol. The van der Waals surface area contributed by atoms with E-state index in [4.69, 9.17) is 5.11 Å². The molecule has 3 nitrogen and oxygen atoms in total. The minimum atomic E-state index is 0.0572. The first-order chi connectivity index (χ1) is 7.52. The molecule has 1 saturated carbocycles. The number of aliphatic hydroxyl groups excluding tert-OH is 1. The Labute approximate surface area is 98.8 Å². The number of carbonyl (C=O) groups is 1. The Hall–Kier alpha value is -0.570. The first-order valence-electron chi connectivity index (χ1n) is 6.38. The third kappa shape index (κ3) is 3.21. The molecule has 0 radical (unpaired) electrons. The lowest BCUT2D eigenvalue weighted by Gasteiger charge is -2.37. The van der Waals surface area contributed by atoms with Crippen molar-refractivity contribution in [2.75, 3.05) is 20.2 Å². The topological polar surface area (TPSA) is 40.5 Å². The number of hydrogen-bond donors (Lipinski definition) is 1. The number of rotatable bonds is 4. The van der Waals surface area contributed by atoms with Crippen molar-refractivity contribution in [1.29, 1.82) is 0 Å². The molecule has 0 aromatic rings. The van der Waals surface area contributed by atoms with E-state index < -0.39 is 0 Å². The van der Waals surface area contributed by atoms with Gasteiger partial charge in [0.1, 0.15) is 0 Å². The molecule has 0 unspecified atom stereocenters. The van der Waals surface area contributed by atoms with Gasteiger partial charge in [-0.3, -0.25) is 4.79 Å². The molecule has 0 spiro atoms. The molecule has 1 N–H and O–H groups in total. The lowest BCUT2D eigenvalue weighted by molar-refractivity contribution is -0.136. The van der Waals surface area contributed by atoms with Gasteiger partial charge in [-0.15, -0.1) is 0 Å². The molecule has 0 bridgehead atoms. The average molecular weight is 227 g/mol. The molecule has 0 atom stereocenters. The molecule has 16 heavy (non-hydrogen) atoms. The van der Waals surface area contributed by atoms with E-state index in [1.165, 1.54) is 6.42 Å². The van der Waals surface area contributed by atoms with E-state index in [1.807, 2.05) is 0 Å². The van der Waals surface area contributed by atoms with Crippen molar-refractivity contribution in [1.82, 2.24) is 4.90 Å². The summed E-state index contributed by atoms with van der Waals surface area (Å²) in [5, 5.41) is 8.81. The van der Waals surface area contributed by atoms with Crippen molar-refractivity contribution in [2.24, 2.45) is 11.3 Å². The Morgan fingerprint density at radius 3 is 2.44 bits per heavy atom. The van der Waals surface area contributed by atoms with Crippen LogP contribution in [0.4, 0.5) is 0 Å². The Kier molecular flexibility index (Phi) is 4.78. The fraction of sp³-hybridized carbons (Fsp3) is 0.923. The maximum Gasteiger partial charge on any atom is 0.225 e. The summed E-state index contributed by atoms with van der Waals surface area (Å²) in [6, 6.07) is 0. The van der Waals surface area contributed by atoms with Crippen LogP contribution in [0.2, 0.25) is 0 Å². The Morgan fingerprint density at radius 1 is 1.44 bits per heavy atom. The quantitative estimate of drug-likeness (QED) is 0.798. The van der Waals surface area contributed by atoms with Crippen LogP contribution in [0.25, 0.3) is 0 Å². The van der Waals surface area contributed by atoms with Crippen molar-refractivity contribution in [3.8, 4) is 0 Å². The molecule has 0 aromatic heterocycles. The van der Waals surface area contributed by atoms with Gasteiger partial charge in [0, 0.05) is 19.5 Å². The highest BCUT2D eigenvalue weighted by atomic mass is 16.3. The molecule has 1 fully saturated rings. The van der Waals surface area contributed by atoms with Crippen molar-refractivity contribution in [2.45, 2.75) is 46.0 Å². The molecule has 0 saturated heterocycles. The second kappa shape index (κ2) is 5.67. The normalized spacial score (nSPS) is 30.1. The highest BCUT2D eigenvalue weighted by Crippen LogP contribution is 2.41. The van der Waals surface area contributed by atoms with Gasteiger partial charge in [0.2, 0.25) is 5.91 Å². The van der Waals surface area contributed by atoms with Crippen LogP contribution in [0, 0.1) is 11.3 Å². The van der Waals surface area contributed by atoms with Crippen molar-refractivity contribution < 1.29 is 9.90 Å². The molecule has 1 aliphatic rings. The minimum absolute atomic E-state index is 0.0572. The average Bonchev–Trinajstić information content (AvgIpc) is 2.29.